The summed E-state index contributed by atoms with van der Waals surface area (Å²) in [7, 11) is 3.25. The van der Waals surface area contributed by atoms with E-state index in [9.17, 15) is 5.11 Å². The van der Waals surface area contributed by atoms with Crippen molar-refractivity contribution in [3.63, 3.8) is 0 Å². The number of halogens is 1. The van der Waals surface area contributed by atoms with Gasteiger partial charge in [0.05, 0.1) is 19.2 Å². The van der Waals surface area contributed by atoms with Crippen LogP contribution in [-0.2, 0) is 0 Å². The number of hydrogen-bond acceptors (Lipinski definition) is 4. The molecule has 5 heteroatoms. The van der Waals surface area contributed by atoms with Crippen LogP contribution in [0.2, 0.25) is 5.02 Å². The molecule has 0 amide bonds. The Morgan fingerprint density at radius 2 is 1.85 bits per heavy atom. The van der Waals surface area contributed by atoms with Gasteiger partial charge in [-0.15, -0.1) is 0 Å². The Labute approximate surface area is 125 Å². The van der Waals surface area contributed by atoms with E-state index in [0.29, 0.717) is 17.2 Å². The van der Waals surface area contributed by atoms with E-state index in [4.69, 9.17) is 21.1 Å². The van der Waals surface area contributed by atoms with Gasteiger partial charge in [-0.1, -0.05) is 11.6 Å². The number of ether oxygens (including phenoxy) is 2. The molecule has 112 valence electrons. The van der Waals surface area contributed by atoms with Crippen LogP contribution >= 0.6 is 11.6 Å². The maximum Gasteiger partial charge on any atom is 0.138 e. The van der Waals surface area contributed by atoms with Crippen LogP contribution in [0.4, 0.5) is 0 Å². The van der Waals surface area contributed by atoms with Crippen LogP contribution in [0, 0.1) is 0 Å². The lowest BCUT2D eigenvalue weighted by Gasteiger charge is -2.29. The predicted octanol–water partition coefficient (Wildman–Crippen LogP) is 2.88. The number of aliphatic hydroxyl groups excluding tert-OH is 1. The highest BCUT2D eigenvalue weighted by Gasteiger charge is 2.26. The summed E-state index contributed by atoms with van der Waals surface area (Å²) < 4.78 is 10.8. The molecule has 1 heterocycles. The minimum atomic E-state index is 0.142. The van der Waals surface area contributed by atoms with E-state index >= 15 is 0 Å². The molecule has 0 spiro atoms. The molecule has 0 aromatic heterocycles. The Bertz CT molecular complexity index is 447. The Hall–Kier alpha value is -0.970. The van der Waals surface area contributed by atoms with Crippen molar-refractivity contribution in [1.82, 2.24) is 4.90 Å². The van der Waals surface area contributed by atoms with Crippen molar-refractivity contribution >= 4 is 11.6 Å². The van der Waals surface area contributed by atoms with Gasteiger partial charge in [0, 0.05) is 24.3 Å². The van der Waals surface area contributed by atoms with E-state index in [1.807, 2.05) is 6.07 Å². The molecule has 0 bridgehead atoms. The summed E-state index contributed by atoms with van der Waals surface area (Å²) >= 11 is 6.15. The van der Waals surface area contributed by atoms with Crippen LogP contribution in [0.25, 0.3) is 0 Å². The van der Waals surface area contributed by atoms with E-state index in [1.165, 1.54) is 12.8 Å². The molecule has 2 rings (SSSR count). The number of hydrogen-bond donors (Lipinski definition) is 1. The third kappa shape index (κ3) is 3.19. The summed E-state index contributed by atoms with van der Waals surface area (Å²) in [5.74, 6) is 1.39. The molecular formula is C15H22ClNO3. The maximum absolute atomic E-state index is 9.38. The Morgan fingerprint density at radius 3 is 2.40 bits per heavy atom. The van der Waals surface area contributed by atoms with Crippen LogP contribution in [0.1, 0.15) is 30.9 Å². The first-order valence-electron chi connectivity index (χ1n) is 6.97. The lowest BCUT2D eigenvalue weighted by atomic mass is 10.0. The summed E-state index contributed by atoms with van der Waals surface area (Å²) in [6, 6.07) is 3.86. The van der Waals surface area contributed by atoms with Crippen LogP contribution in [0.3, 0.4) is 0 Å². The topological polar surface area (TPSA) is 41.9 Å². The third-order valence-electron chi connectivity index (χ3n) is 3.85. The van der Waals surface area contributed by atoms with Gasteiger partial charge in [0.25, 0.3) is 0 Å². The summed E-state index contributed by atoms with van der Waals surface area (Å²) in [6.45, 7) is 2.26. The van der Waals surface area contributed by atoms with E-state index in [2.05, 4.69) is 4.90 Å². The highest BCUT2D eigenvalue weighted by molar-refractivity contribution is 6.32. The monoisotopic (exact) mass is 299 g/mol. The first-order valence-corrected chi connectivity index (χ1v) is 7.35. The van der Waals surface area contributed by atoms with Gasteiger partial charge in [0.2, 0.25) is 0 Å². The summed E-state index contributed by atoms with van der Waals surface area (Å²) in [6.07, 6.45) is 3.09. The molecule has 0 aliphatic carbocycles. The van der Waals surface area contributed by atoms with E-state index in [0.717, 1.165) is 24.4 Å². The first-order chi connectivity index (χ1) is 9.71. The van der Waals surface area contributed by atoms with Crippen molar-refractivity contribution in [2.24, 2.45) is 0 Å². The van der Waals surface area contributed by atoms with Gasteiger partial charge >= 0.3 is 0 Å². The average Bonchev–Trinajstić information content (AvgIpc) is 2.98. The van der Waals surface area contributed by atoms with Gasteiger partial charge in [-0.25, -0.2) is 0 Å². The number of likely N-dealkylation sites (tertiary alicyclic amines) is 1. The Morgan fingerprint density at radius 1 is 1.20 bits per heavy atom. The van der Waals surface area contributed by atoms with Gasteiger partial charge in [-0.05, 0) is 38.4 Å². The molecule has 1 fully saturated rings. The van der Waals surface area contributed by atoms with Gasteiger partial charge in [-0.3, -0.25) is 4.90 Å². The van der Waals surface area contributed by atoms with Crippen molar-refractivity contribution < 1.29 is 14.6 Å². The largest absolute Gasteiger partial charge is 0.496 e. The molecular weight excluding hydrogens is 278 g/mol. The van der Waals surface area contributed by atoms with E-state index in [1.54, 1.807) is 20.3 Å². The number of aliphatic hydroxyl groups is 1. The Kier molecular flexibility index (Phi) is 5.52. The average molecular weight is 300 g/mol. The molecule has 20 heavy (non-hydrogen) atoms. The number of nitrogens with zero attached hydrogens (tertiary/aromatic N) is 1. The van der Waals surface area contributed by atoms with Crippen LogP contribution in [0.5, 0.6) is 11.5 Å². The van der Waals surface area contributed by atoms with Crippen molar-refractivity contribution in [2.75, 3.05) is 33.9 Å². The standard InChI is InChI=1S/C15H22ClNO3/c1-19-14-10-12(16)15(20-2)9-11(14)13(5-8-18)17-6-3-4-7-17/h9-10,13,18H,3-8H2,1-2H3. The molecule has 1 atom stereocenters. The minimum absolute atomic E-state index is 0.142. The number of benzene rings is 1. The fourth-order valence-electron chi connectivity index (χ4n) is 2.85. The molecule has 1 unspecified atom stereocenters. The van der Waals surface area contributed by atoms with E-state index < -0.39 is 0 Å². The van der Waals surface area contributed by atoms with Crippen LogP contribution in [0.15, 0.2) is 12.1 Å². The highest BCUT2D eigenvalue weighted by Crippen LogP contribution is 2.39. The van der Waals surface area contributed by atoms with Crippen LogP contribution in [-0.4, -0.2) is 43.9 Å². The van der Waals surface area contributed by atoms with Gasteiger partial charge in [-0.2, -0.15) is 0 Å². The van der Waals surface area contributed by atoms with Gasteiger partial charge in [0.15, 0.2) is 0 Å². The quantitative estimate of drug-likeness (QED) is 0.877. The normalized spacial score (nSPS) is 17.2. The molecule has 1 aromatic rings. The van der Waals surface area contributed by atoms with Crippen molar-refractivity contribution in [1.29, 1.82) is 0 Å². The SMILES string of the molecule is COc1cc(C(CCO)N2CCCC2)c(OC)cc1Cl. The molecule has 1 aromatic carbocycles. The smallest absolute Gasteiger partial charge is 0.138 e. The lowest BCUT2D eigenvalue weighted by Crippen LogP contribution is -2.27. The molecule has 0 saturated carbocycles. The summed E-state index contributed by atoms with van der Waals surface area (Å²) in [4.78, 5) is 2.39. The number of rotatable bonds is 6. The highest BCUT2D eigenvalue weighted by atomic mass is 35.5. The third-order valence-corrected chi connectivity index (χ3v) is 4.14. The molecule has 1 aliphatic rings. The summed E-state index contributed by atoms with van der Waals surface area (Å²) in [5.41, 5.74) is 1.03. The molecule has 1 aliphatic heterocycles. The minimum Gasteiger partial charge on any atom is -0.496 e. The molecule has 0 radical (unpaired) electrons. The fourth-order valence-corrected chi connectivity index (χ4v) is 3.09. The van der Waals surface area contributed by atoms with Gasteiger partial charge in [0.1, 0.15) is 11.5 Å². The molecule has 1 saturated heterocycles. The second-order valence-electron chi connectivity index (χ2n) is 5.00. The lowest BCUT2D eigenvalue weighted by molar-refractivity contribution is 0.182. The second-order valence-corrected chi connectivity index (χ2v) is 5.41. The van der Waals surface area contributed by atoms with E-state index in [-0.39, 0.29) is 12.6 Å². The van der Waals surface area contributed by atoms with Gasteiger partial charge < -0.3 is 14.6 Å². The molecule has 4 nitrogen and oxygen atoms in total. The second kappa shape index (κ2) is 7.16. The Balaban J connectivity index is 2.39. The summed E-state index contributed by atoms with van der Waals surface area (Å²) in [5, 5.41) is 9.92. The van der Waals surface area contributed by atoms with Crippen molar-refractivity contribution in [2.45, 2.75) is 25.3 Å². The maximum atomic E-state index is 9.38. The molecule has 1 N–H and O–H groups in total. The van der Waals surface area contributed by atoms with Crippen LogP contribution < -0.4 is 9.47 Å². The van der Waals surface area contributed by atoms with Crippen molar-refractivity contribution in [3.8, 4) is 11.5 Å². The zero-order valence-corrected chi connectivity index (χ0v) is 12.8. The van der Waals surface area contributed by atoms with Crippen molar-refractivity contribution in [3.05, 3.63) is 22.7 Å². The first kappa shape index (κ1) is 15.4. The zero-order valence-electron chi connectivity index (χ0n) is 12.1. The fraction of sp³-hybridized carbons (Fsp3) is 0.600. The zero-order chi connectivity index (χ0) is 14.5. The number of methoxy groups -OCH3 is 2. The predicted molar refractivity (Wildman–Crippen MR) is 79.8 cm³/mol.